The number of ether oxygens (including phenoxy) is 1. The van der Waals surface area contributed by atoms with Crippen LogP contribution >= 0.6 is 28.3 Å². The van der Waals surface area contributed by atoms with E-state index in [9.17, 15) is 18.0 Å². The van der Waals surface area contributed by atoms with Crippen LogP contribution in [0.4, 0.5) is 13.2 Å². The van der Waals surface area contributed by atoms with Gasteiger partial charge in [0, 0.05) is 4.47 Å². The average molecular weight is 392 g/mol. The lowest BCUT2D eigenvalue weighted by Gasteiger charge is -2.14. The number of amides is 1. The number of carbonyl (C=O) groups excluding carboxylic acids is 1. The van der Waals surface area contributed by atoms with Gasteiger partial charge in [-0.2, -0.15) is 13.2 Å². The van der Waals surface area contributed by atoms with Crippen LogP contribution in [0, 0.1) is 0 Å². The molecule has 0 atom stereocenters. The number of nitrogens with one attached hydrogen (secondary N) is 2. The van der Waals surface area contributed by atoms with Crippen LogP contribution in [0.25, 0.3) is 0 Å². The monoisotopic (exact) mass is 390 g/mol. The second kappa shape index (κ2) is 9.11. The normalized spacial score (nSPS) is 10.7. The Balaban J connectivity index is 0.00000400. The van der Waals surface area contributed by atoms with Crippen LogP contribution in [-0.4, -0.2) is 32.7 Å². The van der Waals surface area contributed by atoms with E-state index in [1.807, 2.05) is 0 Å². The number of hydrogen-bond donors (Lipinski definition) is 2. The second-order valence-electron chi connectivity index (χ2n) is 3.87. The Kier molecular flexibility index (Phi) is 8.68. The fourth-order valence-electron chi connectivity index (χ4n) is 1.42. The Morgan fingerprint density at radius 3 is 2.62 bits per heavy atom. The molecule has 21 heavy (non-hydrogen) atoms. The van der Waals surface area contributed by atoms with Gasteiger partial charge in [0.1, 0.15) is 12.4 Å². The van der Waals surface area contributed by atoms with Crippen LogP contribution in [-0.2, 0) is 11.0 Å². The molecule has 0 aliphatic heterocycles. The van der Waals surface area contributed by atoms with Crippen molar-refractivity contribution in [3.63, 3.8) is 0 Å². The molecule has 2 N–H and O–H groups in total. The van der Waals surface area contributed by atoms with Crippen molar-refractivity contribution in [1.82, 2.24) is 10.6 Å². The Morgan fingerprint density at radius 1 is 1.38 bits per heavy atom. The number of carbonyl (C=O) groups is 1. The molecule has 4 nitrogen and oxygen atoms in total. The molecule has 0 bridgehead atoms. The third-order valence-corrected chi connectivity index (χ3v) is 2.76. The van der Waals surface area contributed by atoms with E-state index in [4.69, 9.17) is 4.74 Å². The van der Waals surface area contributed by atoms with Crippen molar-refractivity contribution in [2.75, 3.05) is 26.7 Å². The van der Waals surface area contributed by atoms with Crippen LogP contribution < -0.4 is 15.4 Å². The van der Waals surface area contributed by atoms with Gasteiger partial charge in [-0.15, -0.1) is 12.4 Å². The highest BCUT2D eigenvalue weighted by Gasteiger charge is 2.34. The van der Waals surface area contributed by atoms with Gasteiger partial charge < -0.3 is 15.4 Å². The summed E-state index contributed by atoms with van der Waals surface area (Å²) in [5.41, 5.74) is -0.853. The minimum atomic E-state index is -4.49. The predicted molar refractivity (Wildman–Crippen MR) is 78.8 cm³/mol. The minimum Gasteiger partial charge on any atom is -0.491 e. The van der Waals surface area contributed by atoms with Gasteiger partial charge in [0.25, 0.3) is 0 Å². The zero-order valence-corrected chi connectivity index (χ0v) is 13.5. The highest BCUT2D eigenvalue weighted by atomic mass is 79.9. The Morgan fingerprint density at radius 2 is 2.05 bits per heavy atom. The van der Waals surface area contributed by atoms with E-state index in [1.54, 1.807) is 7.05 Å². The van der Waals surface area contributed by atoms with E-state index in [1.165, 1.54) is 12.1 Å². The van der Waals surface area contributed by atoms with Gasteiger partial charge in [-0.3, -0.25) is 4.79 Å². The maximum Gasteiger partial charge on any atom is 0.420 e. The third kappa shape index (κ3) is 7.01. The molecule has 1 aromatic rings. The van der Waals surface area contributed by atoms with Gasteiger partial charge in [0.15, 0.2) is 0 Å². The van der Waals surface area contributed by atoms with Crippen LogP contribution in [0.3, 0.4) is 0 Å². The molecule has 0 aliphatic carbocycles. The molecular formula is C12H15BrClF3N2O2. The molecule has 1 amide bonds. The van der Waals surface area contributed by atoms with Crippen LogP contribution in [0.15, 0.2) is 22.7 Å². The highest BCUT2D eigenvalue weighted by molar-refractivity contribution is 9.10. The lowest BCUT2D eigenvalue weighted by molar-refractivity contribution is -0.139. The van der Waals surface area contributed by atoms with E-state index < -0.39 is 11.7 Å². The van der Waals surface area contributed by atoms with Crippen LogP contribution in [0.1, 0.15) is 5.56 Å². The molecule has 9 heteroatoms. The van der Waals surface area contributed by atoms with Gasteiger partial charge in [0.2, 0.25) is 5.91 Å². The van der Waals surface area contributed by atoms with Crippen molar-refractivity contribution in [3.8, 4) is 5.75 Å². The van der Waals surface area contributed by atoms with Crippen LogP contribution in [0.5, 0.6) is 5.75 Å². The number of hydrogen-bond acceptors (Lipinski definition) is 3. The molecule has 0 saturated heterocycles. The predicted octanol–water partition coefficient (Wildman–Crippen LogP) is 2.60. The number of benzene rings is 1. The first-order valence-corrected chi connectivity index (χ1v) is 6.54. The van der Waals surface area contributed by atoms with Crippen molar-refractivity contribution < 1.29 is 22.7 Å². The zero-order chi connectivity index (χ0) is 15.2. The van der Waals surface area contributed by atoms with Crippen molar-refractivity contribution in [2.24, 2.45) is 0 Å². The molecule has 120 valence electrons. The molecule has 0 radical (unpaired) electrons. The largest absolute Gasteiger partial charge is 0.491 e. The standard InChI is InChI=1S/C12H14BrF3N2O2.ClH/c1-17-7-11(19)18-4-5-20-10-3-2-8(13)6-9(10)12(14,15)16;/h2-3,6,17H,4-5,7H2,1H3,(H,18,19);1H. The molecule has 0 unspecified atom stereocenters. The summed E-state index contributed by atoms with van der Waals surface area (Å²) in [6.07, 6.45) is -4.49. The van der Waals surface area contributed by atoms with Crippen molar-refractivity contribution >= 4 is 34.2 Å². The van der Waals surface area contributed by atoms with Gasteiger partial charge >= 0.3 is 6.18 Å². The van der Waals surface area contributed by atoms with E-state index in [2.05, 4.69) is 26.6 Å². The number of alkyl halides is 3. The molecular weight excluding hydrogens is 376 g/mol. The summed E-state index contributed by atoms with van der Waals surface area (Å²) in [7, 11) is 1.62. The van der Waals surface area contributed by atoms with Crippen molar-refractivity contribution in [3.05, 3.63) is 28.2 Å². The Labute approximate surface area is 135 Å². The smallest absolute Gasteiger partial charge is 0.420 e. The van der Waals surface area contributed by atoms with Crippen molar-refractivity contribution in [1.29, 1.82) is 0 Å². The molecule has 1 aromatic carbocycles. The zero-order valence-electron chi connectivity index (χ0n) is 11.1. The molecule has 1 rings (SSSR count). The van der Waals surface area contributed by atoms with E-state index in [0.29, 0.717) is 4.47 Å². The molecule has 0 fully saturated rings. The molecule has 0 aromatic heterocycles. The molecule has 0 spiro atoms. The summed E-state index contributed by atoms with van der Waals surface area (Å²) in [5, 5.41) is 5.16. The summed E-state index contributed by atoms with van der Waals surface area (Å²) in [6, 6.07) is 3.65. The number of rotatable bonds is 6. The Hall–Kier alpha value is -0.990. The molecule has 0 saturated carbocycles. The van der Waals surface area contributed by atoms with E-state index >= 15 is 0 Å². The van der Waals surface area contributed by atoms with E-state index in [-0.39, 0.29) is 43.8 Å². The average Bonchev–Trinajstić information content (AvgIpc) is 2.35. The summed E-state index contributed by atoms with van der Waals surface area (Å²) in [4.78, 5) is 11.1. The van der Waals surface area contributed by atoms with Crippen molar-refractivity contribution in [2.45, 2.75) is 6.18 Å². The van der Waals surface area contributed by atoms with Gasteiger partial charge in [-0.1, -0.05) is 15.9 Å². The summed E-state index contributed by atoms with van der Waals surface area (Å²) < 4.78 is 43.8. The SMILES string of the molecule is CNCC(=O)NCCOc1ccc(Br)cc1C(F)(F)F.Cl. The first-order valence-electron chi connectivity index (χ1n) is 5.75. The third-order valence-electron chi connectivity index (χ3n) is 2.27. The summed E-state index contributed by atoms with van der Waals surface area (Å²) in [6.45, 7) is 0.236. The molecule has 0 heterocycles. The fraction of sp³-hybridized carbons (Fsp3) is 0.417. The fourth-order valence-corrected chi connectivity index (χ4v) is 1.79. The first kappa shape index (κ1) is 20.0. The highest BCUT2D eigenvalue weighted by Crippen LogP contribution is 2.37. The summed E-state index contributed by atoms with van der Waals surface area (Å²) >= 11 is 2.99. The Bertz CT molecular complexity index is 472. The first-order chi connectivity index (χ1) is 9.34. The van der Waals surface area contributed by atoms with Gasteiger partial charge in [0.05, 0.1) is 18.7 Å². The topological polar surface area (TPSA) is 50.4 Å². The lowest BCUT2D eigenvalue weighted by Crippen LogP contribution is -2.34. The second-order valence-corrected chi connectivity index (χ2v) is 4.78. The quantitative estimate of drug-likeness (QED) is 0.733. The molecule has 0 aliphatic rings. The van der Waals surface area contributed by atoms with Crippen LogP contribution in [0.2, 0.25) is 0 Å². The maximum absolute atomic E-state index is 12.8. The lowest BCUT2D eigenvalue weighted by atomic mass is 10.2. The summed E-state index contributed by atoms with van der Waals surface area (Å²) in [5.74, 6) is -0.508. The van der Waals surface area contributed by atoms with E-state index in [0.717, 1.165) is 6.07 Å². The minimum absolute atomic E-state index is 0. The van der Waals surface area contributed by atoms with Gasteiger partial charge in [-0.05, 0) is 25.2 Å². The number of halogens is 5. The maximum atomic E-state index is 12.8. The number of likely N-dealkylation sites (N-methyl/N-ethyl adjacent to an activating group) is 1. The van der Waals surface area contributed by atoms with Gasteiger partial charge in [-0.25, -0.2) is 0 Å².